The molecule has 2 saturated heterocycles. The second-order valence-electron chi connectivity index (χ2n) is 19.8. The van der Waals surface area contributed by atoms with Gasteiger partial charge < -0.3 is 34.6 Å². The molecule has 6 fully saturated rings. The Bertz CT molecular complexity index is 2220. The number of fused-ring (bicyclic) bond motifs is 5. The lowest BCUT2D eigenvalue weighted by atomic mass is 9.83. The van der Waals surface area contributed by atoms with E-state index in [9.17, 15) is 22.8 Å². The first-order valence-corrected chi connectivity index (χ1v) is 25.0. The van der Waals surface area contributed by atoms with Crippen LogP contribution in [0.3, 0.4) is 0 Å². The number of hydrogen-bond donors (Lipinski definition) is 3. The minimum atomic E-state index is -4.01. The third kappa shape index (κ3) is 9.12. The number of nitrogens with zero attached hydrogens (tertiary/aromatic N) is 3. The SMILES string of the molecule is C=C[C@H]1C[C@]1(NC(=O)[C@@H]1C[C@@H]2CN1C(=O)[C@H](C1CCCCC1)NC(=O)O[C@@H]1C[C@H]1CCCCCc1c(nc3ccccc3c1OC1CCN(C)CC1)O2)C(=O)NS(=O)(=O)C1(C)CC1. The molecule has 4 saturated carbocycles. The topological polar surface area (TPSA) is 186 Å². The van der Waals surface area contributed by atoms with Crippen LogP contribution in [0.25, 0.3) is 10.9 Å². The Morgan fingerprint density at radius 3 is 2.40 bits per heavy atom. The van der Waals surface area contributed by atoms with Crippen LogP contribution in [-0.2, 0) is 35.6 Å². The lowest BCUT2D eigenvalue weighted by molar-refractivity contribution is -0.142. The number of ether oxygens (including phenoxy) is 3. The Morgan fingerprint density at radius 1 is 0.968 bits per heavy atom. The second kappa shape index (κ2) is 17.5. The van der Waals surface area contributed by atoms with E-state index >= 15 is 4.79 Å². The standard InChI is InChI=1S/C47H64N6O9S/c1-4-31-27-47(31,44(56)51-63(58,59)46(2)21-22-46)50-41(54)37-26-33-28-53(37)43(55)39(29-13-7-5-8-14-29)49-45(57)62-38-25-30(38)15-9-6-10-17-35-40(60-32-19-23-52(3)24-20-32)34-16-11-12-18-36(34)48-42(35)61-33/h4,11-12,16,18,29-33,37-39H,1,5-10,13-15,17,19-28H2,2-3H3,(H,49,57)(H,50,54)(H,51,56)/t30-,31+,33-,37+,38-,39+,47-/m1/s1. The van der Waals surface area contributed by atoms with Crippen molar-refractivity contribution in [2.75, 3.05) is 26.7 Å². The summed E-state index contributed by atoms with van der Waals surface area (Å²) in [7, 11) is -1.88. The van der Waals surface area contributed by atoms with E-state index in [0.717, 1.165) is 107 Å². The van der Waals surface area contributed by atoms with Crippen molar-refractivity contribution in [3.05, 3.63) is 42.5 Å². The van der Waals surface area contributed by atoms with E-state index in [-0.39, 0.29) is 43.4 Å². The highest BCUT2D eigenvalue weighted by Gasteiger charge is 2.63. The lowest BCUT2D eigenvalue weighted by Gasteiger charge is -2.34. The number of sulfonamides is 1. The molecule has 16 heteroatoms. The van der Waals surface area contributed by atoms with Crippen LogP contribution in [0.15, 0.2) is 36.9 Å². The predicted octanol–water partition coefficient (Wildman–Crippen LogP) is 5.30. The molecule has 7 atom stereocenters. The quantitative estimate of drug-likeness (QED) is 0.278. The van der Waals surface area contributed by atoms with Gasteiger partial charge in [-0.2, -0.15) is 0 Å². The van der Waals surface area contributed by atoms with Crippen molar-refractivity contribution in [2.45, 2.75) is 157 Å². The van der Waals surface area contributed by atoms with Gasteiger partial charge in [-0.3, -0.25) is 19.1 Å². The van der Waals surface area contributed by atoms with E-state index in [2.05, 4.69) is 33.9 Å². The van der Waals surface area contributed by atoms with Crippen LogP contribution in [0.2, 0.25) is 0 Å². The van der Waals surface area contributed by atoms with Gasteiger partial charge in [0.15, 0.2) is 0 Å². The summed E-state index contributed by atoms with van der Waals surface area (Å²) >= 11 is 0. The molecule has 4 heterocycles. The Labute approximate surface area is 370 Å². The third-order valence-corrected chi connectivity index (χ3v) is 17.3. The van der Waals surface area contributed by atoms with Gasteiger partial charge in [0.25, 0.3) is 5.91 Å². The molecule has 3 aliphatic heterocycles. The van der Waals surface area contributed by atoms with E-state index in [1.54, 1.807) is 13.0 Å². The number of para-hydroxylation sites is 1. The molecule has 63 heavy (non-hydrogen) atoms. The van der Waals surface area contributed by atoms with Crippen LogP contribution in [-0.4, -0.2) is 114 Å². The maximum Gasteiger partial charge on any atom is 0.408 e. The van der Waals surface area contributed by atoms with Gasteiger partial charge in [0.2, 0.25) is 27.7 Å². The Hall–Kier alpha value is -4.44. The number of hydrogen-bond acceptors (Lipinski definition) is 11. The van der Waals surface area contributed by atoms with Crippen molar-refractivity contribution >= 4 is 44.7 Å². The van der Waals surface area contributed by atoms with E-state index in [0.29, 0.717) is 30.7 Å². The summed E-state index contributed by atoms with van der Waals surface area (Å²) in [4.78, 5) is 66.2. The Kier molecular flexibility index (Phi) is 12.2. The summed E-state index contributed by atoms with van der Waals surface area (Å²) in [6.07, 6.45) is 12.4. The largest absolute Gasteiger partial charge is 0.489 e. The van der Waals surface area contributed by atoms with Crippen molar-refractivity contribution in [3.63, 3.8) is 0 Å². The molecule has 2 aromatic rings. The molecule has 1 aromatic heterocycles. The maximum atomic E-state index is 15.1. The molecule has 3 N–H and O–H groups in total. The van der Waals surface area contributed by atoms with Crippen LogP contribution < -0.4 is 24.8 Å². The molecule has 0 radical (unpaired) electrons. The highest BCUT2D eigenvalue weighted by molar-refractivity contribution is 7.91. The molecule has 7 aliphatic rings. The molecule has 15 nitrogen and oxygen atoms in total. The number of aromatic nitrogens is 1. The average molecular weight is 889 g/mol. The van der Waals surface area contributed by atoms with Gasteiger partial charge in [0.1, 0.15) is 41.7 Å². The third-order valence-electron chi connectivity index (χ3n) is 15.1. The molecule has 0 unspecified atom stereocenters. The number of carbonyl (C=O) groups is 4. The second-order valence-corrected chi connectivity index (χ2v) is 22.0. The number of benzene rings is 1. The van der Waals surface area contributed by atoms with E-state index in [4.69, 9.17) is 19.2 Å². The first-order chi connectivity index (χ1) is 30.3. The van der Waals surface area contributed by atoms with Crippen LogP contribution in [0.5, 0.6) is 11.6 Å². The van der Waals surface area contributed by atoms with E-state index in [1.807, 2.05) is 24.3 Å². The molecule has 4 amide bonds. The fourth-order valence-corrected chi connectivity index (χ4v) is 11.8. The molecule has 342 valence electrons. The minimum absolute atomic E-state index is 0.0114. The Morgan fingerprint density at radius 2 is 1.68 bits per heavy atom. The van der Waals surface area contributed by atoms with Gasteiger partial charge in [0, 0.05) is 30.8 Å². The molecule has 9 rings (SSSR count). The van der Waals surface area contributed by atoms with Crippen molar-refractivity contribution in [1.82, 2.24) is 30.1 Å². The number of pyridine rings is 1. The van der Waals surface area contributed by atoms with Crippen LogP contribution >= 0.6 is 0 Å². The molecule has 2 bridgehead atoms. The first kappa shape index (κ1) is 43.8. The normalized spacial score (nSPS) is 31.7. The summed E-state index contributed by atoms with van der Waals surface area (Å²) in [5.74, 6) is -1.10. The molecule has 4 aliphatic carbocycles. The number of piperidine rings is 1. The smallest absolute Gasteiger partial charge is 0.408 e. The zero-order valence-electron chi connectivity index (χ0n) is 36.8. The molecular weight excluding hydrogens is 825 g/mol. The number of alkyl carbamates (subject to hydrolysis) is 1. The molecular formula is C47H64N6O9S. The lowest BCUT2D eigenvalue weighted by Crippen LogP contribution is -2.59. The summed E-state index contributed by atoms with van der Waals surface area (Å²) < 4.78 is 47.5. The highest BCUT2D eigenvalue weighted by atomic mass is 32.2. The zero-order valence-corrected chi connectivity index (χ0v) is 37.6. The summed E-state index contributed by atoms with van der Waals surface area (Å²) in [5, 5.41) is 6.79. The van der Waals surface area contributed by atoms with E-state index < -0.39 is 68.2 Å². The van der Waals surface area contributed by atoms with Crippen molar-refractivity contribution in [3.8, 4) is 11.6 Å². The van der Waals surface area contributed by atoms with Gasteiger partial charge in [-0.15, -0.1) is 6.58 Å². The minimum Gasteiger partial charge on any atom is -0.489 e. The van der Waals surface area contributed by atoms with Crippen molar-refractivity contribution < 1.29 is 41.8 Å². The monoisotopic (exact) mass is 888 g/mol. The van der Waals surface area contributed by atoms with Gasteiger partial charge in [-0.1, -0.05) is 50.3 Å². The number of nitrogens with one attached hydrogen (secondary N) is 3. The zero-order chi connectivity index (χ0) is 44.1. The van der Waals surface area contributed by atoms with Crippen molar-refractivity contribution in [1.29, 1.82) is 0 Å². The Balaban J connectivity index is 1.07. The summed E-state index contributed by atoms with van der Waals surface area (Å²) in [6.45, 7) is 7.33. The van der Waals surface area contributed by atoms with Crippen LogP contribution in [0.1, 0.15) is 115 Å². The number of likely N-dealkylation sites (tertiary alicyclic amines) is 1. The average Bonchev–Trinajstić information content (AvgIpc) is 4.23. The summed E-state index contributed by atoms with van der Waals surface area (Å²) in [6, 6.07) is 5.84. The summed E-state index contributed by atoms with van der Waals surface area (Å²) in [5.41, 5.74) is 0.0247. The highest BCUT2D eigenvalue weighted by Crippen LogP contribution is 2.48. The van der Waals surface area contributed by atoms with Gasteiger partial charge in [0.05, 0.1) is 22.4 Å². The fraction of sp³-hybridized carbons (Fsp3) is 0.681. The van der Waals surface area contributed by atoms with E-state index in [1.165, 1.54) is 4.90 Å². The van der Waals surface area contributed by atoms with Gasteiger partial charge in [-0.25, -0.2) is 18.2 Å². The molecule has 0 spiro atoms. The number of carbonyl (C=O) groups excluding carboxylic acids is 4. The first-order valence-electron chi connectivity index (χ1n) is 23.5. The van der Waals surface area contributed by atoms with Crippen molar-refractivity contribution in [2.24, 2.45) is 17.8 Å². The van der Waals surface area contributed by atoms with Crippen LogP contribution in [0.4, 0.5) is 4.79 Å². The predicted molar refractivity (Wildman–Crippen MR) is 235 cm³/mol. The van der Waals surface area contributed by atoms with Gasteiger partial charge in [-0.05, 0) is 109 Å². The van der Waals surface area contributed by atoms with Crippen LogP contribution in [0, 0.1) is 17.8 Å². The fourth-order valence-electron chi connectivity index (χ4n) is 10.5. The number of rotatable bonds is 9. The van der Waals surface area contributed by atoms with Gasteiger partial charge >= 0.3 is 6.09 Å². The number of amides is 4. The molecule has 1 aromatic carbocycles. The maximum absolute atomic E-state index is 15.1.